The molecule has 0 aliphatic heterocycles. The van der Waals surface area contributed by atoms with E-state index >= 15 is 0 Å². The fourth-order valence-corrected chi connectivity index (χ4v) is 1.96. The van der Waals surface area contributed by atoms with Crippen LogP contribution < -0.4 is 10.6 Å². The highest BCUT2D eigenvalue weighted by atomic mass is 19.4. The summed E-state index contributed by atoms with van der Waals surface area (Å²) in [5.41, 5.74) is -0.515. The molecule has 0 spiro atoms. The zero-order valence-corrected chi connectivity index (χ0v) is 12.9. The average molecular weight is 339 g/mol. The number of hydrogen-bond acceptors (Lipinski definition) is 4. The topological polar surface area (TPSA) is 63.2 Å². The van der Waals surface area contributed by atoms with Crippen LogP contribution in [0.2, 0.25) is 0 Å². The van der Waals surface area contributed by atoms with Crippen molar-refractivity contribution in [3.63, 3.8) is 0 Å². The molecule has 128 valence electrons. The number of alkyl halides is 3. The number of nitrogens with one attached hydrogen (secondary N) is 2. The molecule has 2 N–H and O–H groups in total. The predicted octanol–water partition coefficient (Wildman–Crippen LogP) is 3.41. The third-order valence-corrected chi connectivity index (χ3v) is 3.11. The van der Waals surface area contributed by atoms with Crippen molar-refractivity contribution >= 4 is 17.3 Å². The SMILES string of the molecule is COCCNc1ccc(C(=O)Nc2ccccc2C(F)(F)F)nc1. The van der Waals surface area contributed by atoms with E-state index < -0.39 is 17.6 Å². The van der Waals surface area contributed by atoms with Crippen molar-refractivity contribution in [3.8, 4) is 0 Å². The highest BCUT2D eigenvalue weighted by Crippen LogP contribution is 2.34. The Morgan fingerprint density at radius 2 is 1.96 bits per heavy atom. The first-order chi connectivity index (χ1) is 11.4. The first-order valence-corrected chi connectivity index (χ1v) is 7.08. The van der Waals surface area contributed by atoms with E-state index in [-0.39, 0.29) is 11.4 Å². The van der Waals surface area contributed by atoms with Crippen molar-refractivity contribution in [2.75, 3.05) is 30.9 Å². The average Bonchev–Trinajstić information content (AvgIpc) is 2.55. The third-order valence-electron chi connectivity index (χ3n) is 3.11. The van der Waals surface area contributed by atoms with Gasteiger partial charge in [0, 0.05) is 13.7 Å². The molecule has 0 aliphatic carbocycles. The molecule has 0 bridgehead atoms. The van der Waals surface area contributed by atoms with Crippen molar-refractivity contribution in [3.05, 3.63) is 53.9 Å². The zero-order valence-electron chi connectivity index (χ0n) is 12.9. The van der Waals surface area contributed by atoms with Crippen LogP contribution >= 0.6 is 0 Å². The van der Waals surface area contributed by atoms with Crippen LogP contribution in [0.3, 0.4) is 0 Å². The minimum Gasteiger partial charge on any atom is -0.383 e. The summed E-state index contributed by atoms with van der Waals surface area (Å²) in [6.45, 7) is 1.08. The molecule has 0 radical (unpaired) electrons. The molecule has 0 aliphatic rings. The van der Waals surface area contributed by atoms with Gasteiger partial charge in [-0.3, -0.25) is 4.79 Å². The number of nitrogens with zero attached hydrogens (tertiary/aromatic N) is 1. The number of pyridine rings is 1. The van der Waals surface area contributed by atoms with Gasteiger partial charge in [-0.25, -0.2) is 4.98 Å². The maximum Gasteiger partial charge on any atom is 0.418 e. The summed E-state index contributed by atoms with van der Waals surface area (Å²) in [5.74, 6) is -0.713. The van der Waals surface area contributed by atoms with Gasteiger partial charge >= 0.3 is 6.18 Å². The van der Waals surface area contributed by atoms with Crippen molar-refractivity contribution in [2.24, 2.45) is 0 Å². The number of hydrogen-bond donors (Lipinski definition) is 2. The molecule has 2 aromatic rings. The van der Waals surface area contributed by atoms with Crippen molar-refractivity contribution in [1.29, 1.82) is 0 Å². The van der Waals surface area contributed by atoms with Crippen LogP contribution in [-0.4, -0.2) is 31.2 Å². The van der Waals surface area contributed by atoms with E-state index in [1.165, 1.54) is 30.5 Å². The lowest BCUT2D eigenvalue weighted by atomic mass is 10.1. The van der Waals surface area contributed by atoms with Crippen LogP contribution in [-0.2, 0) is 10.9 Å². The monoisotopic (exact) mass is 339 g/mol. The van der Waals surface area contributed by atoms with Gasteiger partial charge in [-0.15, -0.1) is 0 Å². The van der Waals surface area contributed by atoms with E-state index in [0.717, 1.165) is 6.07 Å². The van der Waals surface area contributed by atoms with Gasteiger partial charge in [0.1, 0.15) is 5.69 Å². The Morgan fingerprint density at radius 1 is 1.21 bits per heavy atom. The number of halogens is 3. The predicted molar refractivity (Wildman–Crippen MR) is 84.0 cm³/mol. The summed E-state index contributed by atoms with van der Waals surface area (Å²) < 4.78 is 43.6. The number of carbonyl (C=O) groups is 1. The highest BCUT2D eigenvalue weighted by molar-refractivity contribution is 6.03. The van der Waals surface area contributed by atoms with Crippen LogP contribution in [0.15, 0.2) is 42.6 Å². The highest BCUT2D eigenvalue weighted by Gasteiger charge is 2.33. The fraction of sp³-hybridized carbons (Fsp3) is 0.250. The molecular formula is C16H16F3N3O2. The lowest BCUT2D eigenvalue weighted by Crippen LogP contribution is -2.17. The zero-order chi connectivity index (χ0) is 17.6. The minimum absolute atomic E-state index is 0.0178. The van der Waals surface area contributed by atoms with Crippen LogP contribution in [0.5, 0.6) is 0 Å². The van der Waals surface area contributed by atoms with Crippen LogP contribution in [0.4, 0.5) is 24.5 Å². The molecule has 5 nitrogen and oxygen atoms in total. The minimum atomic E-state index is -4.55. The largest absolute Gasteiger partial charge is 0.418 e. The van der Waals surface area contributed by atoms with E-state index in [9.17, 15) is 18.0 Å². The molecule has 2 rings (SSSR count). The number of methoxy groups -OCH3 is 1. The molecule has 1 amide bonds. The molecule has 24 heavy (non-hydrogen) atoms. The van der Waals surface area contributed by atoms with E-state index in [4.69, 9.17) is 4.74 Å². The molecule has 1 heterocycles. The Labute approximate surface area is 136 Å². The molecule has 0 atom stereocenters. The van der Waals surface area contributed by atoms with Gasteiger partial charge in [-0.1, -0.05) is 12.1 Å². The van der Waals surface area contributed by atoms with Crippen molar-refractivity contribution < 1.29 is 22.7 Å². The molecule has 0 unspecified atom stereocenters. The van der Waals surface area contributed by atoms with Gasteiger partial charge in [0.15, 0.2) is 0 Å². The van der Waals surface area contributed by atoms with E-state index in [2.05, 4.69) is 15.6 Å². The fourth-order valence-electron chi connectivity index (χ4n) is 1.96. The quantitative estimate of drug-likeness (QED) is 0.792. The maximum atomic E-state index is 12.9. The first-order valence-electron chi connectivity index (χ1n) is 7.08. The summed E-state index contributed by atoms with van der Waals surface area (Å²) >= 11 is 0. The molecule has 0 saturated heterocycles. The van der Waals surface area contributed by atoms with Crippen LogP contribution in [0.1, 0.15) is 16.1 Å². The normalized spacial score (nSPS) is 11.2. The van der Waals surface area contributed by atoms with Crippen LogP contribution in [0, 0.1) is 0 Å². The molecule has 0 fully saturated rings. The van der Waals surface area contributed by atoms with Gasteiger partial charge in [0.25, 0.3) is 5.91 Å². The third kappa shape index (κ3) is 4.69. The second-order valence-corrected chi connectivity index (χ2v) is 4.85. The van der Waals surface area contributed by atoms with Gasteiger partial charge < -0.3 is 15.4 Å². The number of rotatable bonds is 6. The Morgan fingerprint density at radius 3 is 2.58 bits per heavy atom. The van der Waals surface area contributed by atoms with Gasteiger partial charge in [-0.05, 0) is 24.3 Å². The standard InChI is InChI=1S/C16H16F3N3O2/c1-24-9-8-20-11-6-7-14(21-10-11)15(23)22-13-5-3-2-4-12(13)16(17,18)19/h2-7,10,20H,8-9H2,1H3,(H,22,23). The van der Waals surface area contributed by atoms with Crippen molar-refractivity contribution in [1.82, 2.24) is 4.98 Å². The van der Waals surface area contributed by atoms with Crippen LogP contribution in [0.25, 0.3) is 0 Å². The number of carbonyl (C=O) groups excluding carboxylic acids is 1. The number of benzene rings is 1. The first kappa shape index (κ1) is 17.7. The number of aromatic nitrogens is 1. The molecule has 1 aromatic carbocycles. The summed E-state index contributed by atoms with van der Waals surface area (Å²) in [4.78, 5) is 16.0. The second kappa shape index (κ2) is 7.78. The lowest BCUT2D eigenvalue weighted by molar-refractivity contribution is -0.136. The Kier molecular flexibility index (Phi) is 5.75. The van der Waals surface area contributed by atoms with Crippen molar-refractivity contribution in [2.45, 2.75) is 6.18 Å². The Bertz CT molecular complexity index is 688. The van der Waals surface area contributed by atoms with Gasteiger partial charge in [-0.2, -0.15) is 13.2 Å². The molecule has 8 heteroatoms. The smallest absolute Gasteiger partial charge is 0.383 e. The van der Waals surface area contributed by atoms with Gasteiger partial charge in [0.05, 0.1) is 29.7 Å². The Hall–Kier alpha value is -2.61. The summed E-state index contributed by atoms with van der Waals surface area (Å²) in [6.07, 6.45) is -3.12. The Balaban J connectivity index is 2.08. The van der Waals surface area contributed by atoms with E-state index in [0.29, 0.717) is 18.8 Å². The number of ether oxygens (including phenoxy) is 1. The molecular weight excluding hydrogens is 323 g/mol. The van der Waals surface area contributed by atoms with E-state index in [1.807, 2.05) is 0 Å². The van der Waals surface area contributed by atoms with E-state index in [1.54, 1.807) is 13.2 Å². The number of anilines is 2. The summed E-state index contributed by atoms with van der Waals surface area (Å²) in [7, 11) is 1.58. The van der Waals surface area contributed by atoms with Gasteiger partial charge in [0.2, 0.25) is 0 Å². The molecule has 1 aromatic heterocycles. The molecule has 0 saturated carbocycles. The number of para-hydroxylation sites is 1. The summed E-state index contributed by atoms with van der Waals surface area (Å²) in [6, 6.07) is 7.83. The summed E-state index contributed by atoms with van der Waals surface area (Å²) in [5, 5.41) is 5.27. The second-order valence-electron chi connectivity index (χ2n) is 4.85. The lowest BCUT2D eigenvalue weighted by Gasteiger charge is -2.13. The maximum absolute atomic E-state index is 12.9. The number of amides is 1.